The van der Waals surface area contributed by atoms with Crippen molar-refractivity contribution >= 4 is 5.97 Å². The van der Waals surface area contributed by atoms with Crippen molar-refractivity contribution in [3.8, 4) is 5.75 Å². The highest BCUT2D eigenvalue weighted by Crippen LogP contribution is 2.28. The first-order valence-electron chi connectivity index (χ1n) is 9.86. The molecular formula is C21H32N2O5. The van der Waals surface area contributed by atoms with Crippen LogP contribution < -0.4 is 10.5 Å². The van der Waals surface area contributed by atoms with E-state index in [1.807, 2.05) is 0 Å². The maximum Gasteiger partial charge on any atom is 0.337 e. The molecule has 0 aliphatic heterocycles. The third-order valence-corrected chi connectivity index (χ3v) is 5.25. The average Bonchev–Trinajstić information content (AvgIpc) is 2.67. The van der Waals surface area contributed by atoms with Crippen LogP contribution in [0.3, 0.4) is 0 Å². The molecule has 1 aromatic heterocycles. The Hall–Kier alpha value is -1.96. The minimum atomic E-state index is -2.18. The van der Waals surface area contributed by atoms with Gasteiger partial charge in [0.15, 0.2) is 5.60 Å². The van der Waals surface area contributed by atoms with E-state index >= 15 is 0 Å². The maximum absolute atomic E-state index is 11.7. The lowest BCUT2D eigenvalue weighted by Crippen LogP contribution is -2.57. The van der Waals surface area contributed by atoms with E-state index in [0.29, 0.717) is 24.5 Å². The van der Waals surface area contributed by atoms with Crippen LogP contribution in [0.15, 0.2) is 31.0 Å². The van der Waals surface area contributed by atoms with Gasteiger partial charge in [-0.05, 0) is 44.1 Å². The van der Waals surface area contributed by atoms with Gasteiger partial charge in [0.2, 0.25) is 0 Å². The van der Waals surface area contributed by atoms with Crippen LogP contribution in [0, 0.1) is 5.92 Å². The summed E-state index contributed by atoms with van der Waals surface area (Å²) in [5.41, 5.74) is 4.17. The van der Waals surface area contributed by atoms with E-state index < -0.39 is 17.6 Å². The first-order valence-corrected chi connectivity index (χ1v) is 9.86. The van der Waals surface area contributed by atoms with Gasteiger partial charge in [-0.1, -0.05) is 13.0 Å². The summed E-state index contributed by atoms with van der Waals surface area (Å²) in [6, 6.07) is 2.33. The SMILES string of the molecule is C=CCCOC[C@H](N)[C@](O)(Cc1cc(OC2CCC(C)CC2)ccn1)C(=O)O. The van der Waals surface area contributed by atoms with E-state index in [-0.39, 0.29) is 19.1 Å². The molecule has 0 aromatic carbocycles. The second-order valence-corrected chi connectivity index (χ2v) is 7.65. The largest absolute Gasteiger partial charge is 0.490 e. The molecule has 1 heterocycles. The Morgan fingerprint density at radius 3 is 2.82 bits per heavy atom. The van der Waals surface area contributed by atoms with Crippen molar-refractivity contribution in [3.05, 3.63) is 36.7 Å². The van der Waals surface area contributed by atoms with Crippen LogP contribution in [0.4, 0.5) is 0 Å². The number of hydrogen-bond donors (Lipinski definition) is 3. The Labute approximate surface area is 166 Å². The predicted molar refractivity (Wildman–Crippen MR) is 106 cm³/mol. The fourth-order valence-corrected chi connectivity index (χ4v) is 3.32. The number of aromatic nitrogens is 1. The summed E-state index contributed by atoms with van der Waals surface area (Å²) >= 11 is 0. The van der Waals surface area contributed by atoms with Gasteiger partial charge in [0.05, 0.1) is 25.4 Å². The molecule has 7 nitrogen and oxygen atoms in total. The summed E-state index contributed by atoms with van der Waals surface area (Å²) < 4.78 is 11.4. The van der Waals surface area contributed by atoms with Crippen LogP contribution in [0.5, 0.6) is 5.75 Å². The van der Waals surface area contributed by atoms with Gasteiger partial charge in [-0.15, -0.1) is 6.58 Å². The standard InChI is InChI=1S/C21H32N2O5/c1-3-4-11-27-14-19(22)21(26,20(24)25)13-16-12-18(9-10-23-16)28-17-7-5-15(2)6-8-17/h3,9-10,12,15,17,19,26H,1,4-8,11,13-14,22H2,2H3,(H,24,25)/t15?,17?,19-,21+/m0/s1. The normalized spacial score (nSPS) is 22.8. The van der Waals surface area contributed by atoms with Gasteiger partial charge in [0, 0.05) is 24.4 Å². The number of rotatable bonds is 11. The quantitative estimate of drug-likeness (QED) is 0.391. The molecule has 0 unspecified atom stereocenters. The van der Waals surface area contributed by atoms with Crippen molar-refractivity contribution < 1.29 is 24.5 Å². The molecule has 1 aliphatic carbocycles. The number of nitrogens with two attached hydrogens (primary N) is 1. The molecule has 1 aliphatic rings. The lowest BCUT2D eigenvalue weighted by atomic mass is 9.89. The highest BCUT2D eigenvalue weighted by molar-refractivity contribution is 5.78. The Morgan fingerprint density at radius 1 is 1.46 bits per heavy atom. The average molecular weight is 392 g/mol. The third kappa shape index (κ3) is 6.29. The lowest BCUT2D eigenvalue weighted by molar-refractivity contribution is -0.162. The number of pyridine rings is 1. The zero-order valence-electron chi connectivity index (χ0n) is 16.5. The van der Waals surface area contributed by atoms with E-state index in [1.54, 1.807) is 24.4 Å². The Bertz CT molecular complexity index is 645. The van der Waals surface area contributed by atoms with E-state index in [0.717, 1.165) is 31.6 Å². The second-order valence-electron chi connectivity index (χ2n) is 7.65. The molecule has 0 bridgehead atoms. The molecule has 0 radical (unpaired) electrons. The van der Waals surface area contributed by atoms with Crippen LogP contribution in [0.25, 0.3) is 0 Å². The van der Waals surface area contributed by atoms with Crippen molar-refractivity contribution in [2.45, 2.75) is 63.2 Å². The van der Waals surface area contributed by atoms with E-state index in [1.165, 1.54) is 0 Å². The van der Waals surface area contributed by atoms with Crippen LogP contribution in [-0.4, -0.2) is 52.1 Å². The highest BCUT2D eigenvalue weighted by atomic mass is 16.5. The van der Waals surface area contributed by atoms with E-state index in [4.69, 9.17) is 15.2 Å². The summed E-state index contributed by atoms with van der Waals surface area (Å²) in [7, 11) is 0. The van der Waals surface area contributed by atoms with Gasteiger partial charge in [0.25, 0.3) is 0 Å². The van der Waals surface area contributed by atoms with Gasteiger partial charge in [-0.2, -0.15) is 0 Å². The molecule has 2 atom stereocenters. The fourth-order valence-electron chi connectivity index (χ4n) is 3.32. The highest BCUT2D eigenvalue weighted by Gasteiger charge is 2.43. The number of carbonyl (C=O) groups is 1. The molecule has 2 rings (SSSR count). The third-order valence-electron chi connectivity index (χ3n) is 5.25. The Kier molecular flexibility index (Phi) is 8.41. The molecule has 0 amide bonds. The molecule has 28 heavy (non-hydrogen) atoms. The zero-order chi connectivity index (χ0) is 20.6. The van der Waals surface area contributed by atoms with E-state index in [9.17, 15) is 15.0 Å². The number of ether oxygens (including phenoxy) is 2. The minimum absolute atomic E-state index is 0.0763. The van der Waals surface area contributed by atoms with Gasteiger partial charge in [-0.3, -0.25) is 4.98 Å². The van der Waals surface area contributed by atoms with Gasteiger partial charge >= 0.3 is 5.97 Å². The molecule has 1 saturated carbocycles. The smallest absolute Gasteiger partial charge is 0.337 e. The van der Waals surface area contributed by atoms with Gasteiger partial charge < -0.3 is 25.4 Å². The minimum Gasteiger partial charge on any atom is -0.490 e. The first kappa shape index (κ1) is 22.3. The van der Waals surface area contributed by atoms with Crippen molar-refractivity contribution in [3.63, 3.8) is 0 Å². The Morgan fingerprint density at radius 2 is 2.18 bits per heavy atom. The molecule has 4 N–H and O–H groups in total. The van der Waals surface area contributed by atoms with Gasteiger partial charge in [-0.25, -0.2) is 4.79 Å². The van der Waals surface area contributed by atoms with Crippen molar-refractivity contribution in [1.82, 2.24) is 4.98 Å². The van der Waals surface area contributed by atoms with Crippen LogP contribution in [0.2, 0.25) is 0 Å². The number of aliphatic hydroxyl groups is 1. The molecule has 156 valence electrons. The summed E-state index contributed by atoms with van der Waals surface area (Å²) in [4.78, 5) is 15.9. The van der Waals surface area contributed by atoms with E-state index in [2.05, 4.69) is 18.5 Å². The van der Waals surface area contributed by atoms with Crippen molar-refractivity contribution in [2.75, 3.05) is 13.2 Å². The maximum atomic E-state index is 11.7. The van der Waals surface area contributed by atoms with Gasteiger partial charge in [0.1, 0.15) is 5.75 Å². The van der Waals surface area contributed by atoms with Crippen LogP contribution >= 0.6 is 0 Å². The molecule has 0 spiro atoms. The summed E-state index contributed by atoms with van der Waals surface area (Å²) in [6.07, 6.45) is 8.10. The molecule has 0 saturated heterocycles. The number of hydrogen-bond acceptors (Lipinski definition) is 6. The van der Waals surface area contributed by atoms with Crippen molar-refractivity contribution in [1.29, 1.82) is 0 Å². The molecular weight excluding hydrogens is 360 g/mol. The monoisotopic (exact) mass is 392 g/mol. The topological polar surface area (TPSA) is 115 Å². The second kappa shape index (κ2) is 10.5. The number of aliphatic carboxylic acids is 1. The fraction of sp³-hybridized carbons (Fsp3) is 0.619. The molecule has 1 aromatic rings. The van der Waals surface area contributed by atoms with Crippen LogP contribution in [0.1, 0.15) is 44.7 Å². The summed E-state index contributed by atoms with van der Waals surface area (Å²) in [5, 5.41) is 20.3. The Balaban J connectivity index is 2.01. The zero-order valence-corrected chi connectivity index (χ0v) is 16.5. The first-order chi connectivity index (χ1) is 13.3. The summed E-state index contributed by atoms with van der Waals surface area (Å²) in [6.45, 7) is 6.13. The predicted octanol–water partition coefficient (Wildman–Crippen LogP) is 2.32. The molecule has 1 fully saturated rings. The lowest BCUT2D eigenvalue weighted by Gasteiger charge is -2.30. The molecule has 7 heteroatoms. The summed E-state index contributed by atoms with van der Waals surface area (Å²) in [5.74, 6) is -0.0385. The van der Waals surface area contributed by atoms with Crippen molar-refractivity contribution in [2.24, 2.45) is 11.7 Å². The number of carboxylic acids is 1. The number of carboxylic acid groups (broad SMARTS) is 1. The number of nitrogens with zero attached hydrogens (tertiary/aromatic N) is 1. The van der Waals surface area contributed by atoms with Crippen LogP contribution in [-0.2, 0) is 16.0 Å².